The molecule has 0 fully saturated rings. The number of anilines is 1. The largest absolute Gasteiger partial charge is 0.496 e. The lowest BCUT2D eigenvalue weighted by atomic mass is 9.96. The van der Waals surface area contributed by atoms with Gasteiger partial charge in [-0.3, -0.25) is 20.1 Å². The maximum Gasteiger partial charge on any atom is 0.433 e. The first-order valence-electron chi connectivity index (χ1n) is 11.1. The van der Waals surface area contributed by atoms with Crippen molar-refractivity contribution in [2.75, 3.05) is 46.0 Å². The first-order chi connectivity index (χ1) is 16.8. The van der Waals surface area contributed by atoms with E-state index in [1.165, 1.54) is 12.1 Å². The number of carbonyl (C=O) groups excluding carboxylic acids is 1. The van der Waals surface area contributed by atoms with E-state index in [1.54, 1.807) is 31.4 Å². The van der Waals surface area contributed by atoms with Crippen LogP contribution in [0.2, 0.25) is 0 Å². The van der Waals surface area contributed by atoms with Gasteiger partial charge in [-0.25, -0.2) is 4.98 Å². The Morgan fingerprint density at radius 1 is 1.17 bits per heavy atom. The summed E-state index contributed by atoms with van der Waals surface area (Å²) in [4.78, 5) is 22.3. The molecule has 0 aliphatic heterocycles. The molecule has 1 N–H and O–H groups in total. The molecule has 36 heavy (non-hydrogen) atoms. The van der Waals surface area contributed by atoms with Crippen molar-refractivity contribution < 1.29 is 27.4 Å². The number of ether oxygens (including phenoxy) is 2. The Morgan fingerprint density at radius 3 is 2.42 bits per heavy atom. The molecular formula is C24H31F3N6O3. The zero-order valence-corrected chi connectivity index (χ0v) is 21.2. The van der Waals surface area contributed by atoms with E-state index in [-0.39, 0.29) is 17.9 Å². The molecule has 0 saturated carbocycles. The summed E-state index contributed by atoms with van der Waals surface area (Å²) in [6.45, 7) is 7.48. The molecule has 12 heteroatoms. The number of hydrogen-bond donors (Lipinski definition) is 1. The maximum atomic E-state index is 13.4. The fourth-order valence-electron chi connectivity index (χ4n) is 3.24. The maximum absolute atomic E-state index is 13.4. The second kappa shape index (κ2) is 12.0. The van der Waals surface area contributed by atoms with Crippen molar-refractivity contribution in [2.24, 2.45) is 5.41 Å². The number of alkyl halides is 3. The van der Waals surface area contributed by atoms with Gasteiger partial charge >= 0.3 is 6.18 Å². The quantitative estimate of drug-likeness (QED) is 0.485. The van der Waals surface area contributed by atoms with Crippen LogP contribution in [0.1, 0.15) is 48.2 Å². The van der Waals surface area contributed by atoms with E-state index >= 15 is 0 Å². The highest BCUT2D eigenvalue weighted by atomic mass is 19.4. The third-order valence-corrected chi connectivity index (χ3v) is 4.92. The summed E-state index contributed by atoms with van der Waals surface area (Å²) in [5, 5.41) is 10.3. The van der Waals surface area contributed by atoms with Gasteiger partial charge in [0.2, 0.25) is 5.82 Å². The molecule has 2 aromatic rings. The van der Waals surface area contributed by atoms with E-state index in [0.717, 1.165) is 5.56 Å². The fourth-order valence-corrected chi connectivity index (χ4v) is 3.24. The highest BCUT2D eigenvalue weighted by Crippen LogP contribution is 2.30. The molecule has 0 atom stereocenters. The van der Waals surface area contributed by atoms with Crippen LogP contribution in [0.25, 0.3) is 0 Å². The van der Waals surface area contributed by atoms with E-state index in [9.17, 15) is 18.0 Å². The molecule has 0 unspecified atom stereocenters. The Balaban J connectivity index is 2.37. The number of benzene rings is 1. The van der Waals surface area contributed by atoms with E-state index in [1.807, 2.05) is 32.7 Å². The van der Waals surface area contributed by atoms with Gasteiger partial charge in [0.25, 0.3) is 5.91 Å². The molecule has 0 aliphatic rings. The number of methoxy groups -OCH3 is 2. The van der Waals surface area contributed by atoms with Crippen LogP contribution in [-0.4, -0.2) is 61.7 Å². The number of likely N-dealkylation sites (N-methyl/N-ethyl adjacent to an activating group) is 1. The first kappa shape index (κ1) is 28.8. The monoisotopic (exact) mass is 508 g/mol. The molecule has 1 amide bonds. The number of aromatic nitrogens is 2. The van der Waals surface area contributed by atoms with Gasteiger partial charge in [-0.2, -0.15) is 23.4 Å². The van der Waals surface area contributed by atoms with Gasteiger partial charge in [0.1, 0.15) is 11.8 Å². The van der Waals surface area contributed by atoms with Gasteiger partial charge in [-0.1, -0.05) is 26.8 Å². The predicted octanol–water partition coefficient (Wildman–Crippen LogP) is 3.65. The minimum absolute atomic E-state index is 0.109. The first-order valence-corrected chi connectivity index (χ1v) is 11.1. The summed E-state index contributed by atoms with van der Waals surface area (Å²) in [5.74, 6) is -0.998. The molecule has 1 aromatic carbocycles. The topological polar surface area (TPSA) is 104 Å². The van der Waals surface area contributed by atoms with Crippen molar-refractivity contribution in [3.8, 4) is 11.8 Å². The van der Waals surface area contributed by atoms with E-state index in [4.69, 9.17) is 14.7 Å². The number of carbonyl (C=O) groups is 1. The second-order valence-electron chi connectivity index (χ2n) is 9.39. The van der Waals surface area contributed by atoms with E-state index in [2.05, 4.69) is 15.4 Å². The van der Waals surface area contributed by atoms with Gasteiger partial charge in [0.05, 0.1) is 13.7 Å². The second-order valence-corrected chi connectivity index (χ2v) is 9.39. The Labute approximate surface area is 208 Å². The summed E-state index contributed by atoms with van der Waals surface area (Å²) in [6.07, 6.45) is -4.79. The van der Waals surface area contributed by atoms with Gasteiger partial charge < -0.3 is 9.47 Å². The third-order valence-electron chi connectivity index (χ3n) is 4.92. The SMILES string of the molecule is COCCN(C)Cc1ccc(C(=O)NN(CC(C)(C)C)c2cc(C(F)(F)F)nc(C#N)n2)cc1OC. The van der Waals surface area contributed by atoms with E-state index < -0.39 is 29.0 Å². The zero-order chi connectivity index (χ0) is 27.1. The van der Waals surface area contributed by atoms with Crippen molar-refractivity contribution in [1.29, 1.82) is 5.26 Å². The number of rotatable bonds is 10. The van der Waals surface area contributed by atoms with Crippen LogP contribution >= 0.6 is 0 Å². The van der Waals surface area contributed by atoms with Crippen LogP contribution in [0, 0.1) is 16.7 Å². The standard InChI is InChI=1S/C24H31F3N6O3/c1-23(2,3)15-33(21-12-19(24(25,26)27)29-20(13-28)30-21)31-22(34)16-7-8-17(18(11-16)36-6)14-32(4)9-10-35-5/h7-8,11-12H,9-10,14-15H2,1-6H3,(H,31,34). The normalized spacial score (nSPS) is 11.8. The van der Waals surface area contributed by atoms with Crippen molar-refractivity contribution in [3.63, 3.8) is 0 Å². The lowest BCUT2D eigenvalue weighted by molar-refractivity contribution is -0.141. The van der Waals surface area contributed by atoms with Crippen molar-refractivity contribution in [2.45, 2.75) is 33.5 Å². The molecule has 0 aliphatic carbocycles. The fraction of sp³-hybridized carbons (Fsp3) is 0.500. The number of amides is 1. The zero-order valence-electron chi connectivity index (χ0n) is 21.2. The van der Waals surface area contributed by atoms with Crippen LogP contribution < -0.4 is 15.2 Å². The number of nitrogens with one attached hydrogen (secondary N) is 1. The predicted molar refractivity (Wildman–Crippen MR) is 127 cm³/mol. The van der Waals surface area contributed by atoms with Crippen LogP contribution in [0.4, 0.5) is 19.0 Å². The molecular weight excluding hydrogens is 477 g/mol. The Hall–Kier alpha value is -3.43. The Morgan fingerprint density at radius 2 is 1.86 bits per heavy atom. The van der Waals surface area contributed by atoms with Gasteiger partial charge in [-0.15, -0.1) is 0 Å². The van der Waals surface area contributed by atoms with Crippen molar-refractivity contribution in [1.82, 2.24) is 20.3 Å². The number of halogens is 3. The smallest absolute Gasteiger partial charge is 0.433 e. The highest BCUT2D eigenvalue weighted by molar-refractivity contribution is 5.95. The summed E-state index contributed by atoms with van der Waals surface area (Å²) in [6, 6.07) is 7.17. The third kappa shape index (κ3) is 8.35. The number of hydrazine groups is 1. The Kier molecular flexibility index (Phi) is 9.61. The molecule has 0 spiro atoms. The summed E-state index contributed by atoms with van der Waals surface area (Å²) < 4.78 is 50.6. The van der Waals surface area contributed by atoms with Crippen LogP contribution in [0.3, 0.4) is 0 Å². The summed E-state index contributed by atoms with van der Waals surface area (Å²) >= 11 is 0. The molecule has 0 bridgehead atoms. The molecule has 1 aromatic heterocycles. The van der Waals surface area contributed by atoms with Crippen LogP contribution in [-0.2, 0) is 17.5 Å². The van der Waals surface area contributed by atoms with Crippen LogP contribution in [0.5, 0.6) is 5.75 Å². The lowest BCUT2D eigenvalue weighted by Gasteiger charge is -2.31. The van der Waals surface area contributed by atoms with Gasteiger partial charge in [-0.05, 0) is 24.6 Å². The molecule has 9 nitrogen and oxygen atoms in total. The van der Waals surface area contributed by atoms with Gasteiger partial charge in [0, 0.05) is 43.9 Å². The summed E-state index contributed by atoms with van der Waals surface area (Å²) in [5.41, 5.74) is 1.98. The summed E-state index contributed by atoms with van der Waals surface area (Å²) in [7, 11) is 5.04. The van der Waals surface area contributed by atoms with Gasteiger partial charge in [0.15, 0.2) is 11.5 Å². The van der Waals surface area contributed by atoms with Crippen molar-refractivity contribution >= 4 is 11.7 Å². The van der Waals surface area contributed by atoms with Crippen molar-refractivity contribution in [3.05, 3.63) is 46.9 Å². The van der Waals surface area contributed by atoms with Crippen LogP contribution in [0.15, 0.2) is 24.3 Å². The average Bonchev–Trinajstić information content (AvgIpc) is 2.80. The molecule has 0 radical (unpaired) electrons. The molecule has 2 rings (SSSR count). The molecule has 196 valence electrons. The Bertz CT molecular complexity index is 1100. The minimum atomic E-state index is -4.79. The minimum Gasteiger partial charge on any atom is -0.496 e. The average molecular weight is 509 g/mol. The molecule has 0 saturated heterocycles. The lowest BCUT2D eigenvalue weighted by Crippen LogP contribution is -2.47. The number of nitriles is 1. The highest BCUT2D eigenvalue weighted by Gasteiger charge is 2.35. The number of nitrogens with zero attached hydrogens (tertiary/aromatic N) is 5. The number of hydrogen-bond acceptors (Lipinski definition) is 8. The molecule has 1 heterocycles. The van der Waals surface area contributed by atoms with E-state index in [0.29, 0.717) is 31.5 Å².